The highest BCUT2D eigenvalue weighted by Crippen LogP contribution is 2.15. The predicted molar refractivity (Wildman–Crippen MR) is 73.9 cm³/mol. The van der Waals surface area contributed by atoms with Crippen molar-refractivity contribution in [2.45, 2.75) is 45.9 Å². The summed E-state index contributed by atoms with van der Waals surface area (Å²) >= 11 is 0. The van der Waals surface area contributed by atoms with Gasteiger partial charge in [0.15, 0.2) is 0 Å². The molecule has 0 aromatic carbocycles. The molecule has 0 radical (unpaired) electrons. The van der Waals surface area contributed by atoms with Gasteiger partial charge < -0.3 is 19.2 Å². The molecule has 0 aliphatic carbocycles. The van der Waals surface area contributed by atoms with E-state index in [2.05, 4.69) is 19.2 Å². The summed E-state index contributed by atoms with van der Waals surface area (Å²) in [5.41, 5.74) is 0. The SMILES string of the molecule is CC(C)CNCc1ccc(COC2CCOCC2)o1. The fraction of sp³-hybridized carbons (Fsp3) is 0.733. The third-order valence-corrected chi connectivity index (χ3v) is 3.20. The number of furan rings is 1. The lowest BCUT2D eigenvalue weighted by molar-refractivity contribution is -0.0435. The van der Waals surface area contributed by atoms with Crippen LogP contribution in [0.4, 0.5) is 0 Å². The molecule has 0 bridgehead atoms. The summed E-state index contributed by atoms with van der Waals surface area (Å²) in [6.45, 7) is 8.38. The van der Waals surface area contributed by atoms with Crippen LogP contribution in [-0.2, 0) is 22.6 Å². The van der Waals surface area contributed by atoms with E-state index in [0.29, 0.717) is 18.6 Å². The molecule has 1 fully saturated rings. The molecular weight excluding hydrogens is 242 g/mol. The molecule has 2 heterocycles. The third kappa shape index (κ3) is 5.35. The number of hydrogen-bond donors (Lipinski definition) is 1. The van der Waals surface area contributed by atoms with E-state index in [1.54, 1.807) is 0 Å². The number of nitrogens with one attached hydrogen (secondary N) is 1. The Hall–Kier alpha value is -0.840. The fourth-order valence-electron chi connectivity index (χ4n) is 2.12. The van der Waals surface area contributed by atoms with Crippen molar-refractivity contribution in [1.29, 1.82) is 0 Å². The monoisotopic (exact) mass is 267 g/mol. The summed E-state index contributed by atoms with van der Waals surface area (Å²) in [4.78, 5) is 0. The largest absolute Gasteiger partial charge is 0.462 e. The van der Waals surface area contributed by atoms with Gasteiger partial charge in [-0.15, -0.1) is 0 Å². The zero-order valence-electron chi connectivity index (χ0n) is 12.0. The highest BCUT2D eigenvalue weighted by Gasteiger charge is 2.14. The summed E-state index contributed by atoms with van der Waals surface area (Å²) < 4.78 is 16.9. The molecule has 1 saturated heterocycles. The molecule has 1 N–H and O–H groups in total. The zero-order chi connectivity index (χ0) is 13.5. The Morgan fingerprint density at radius 3 is 2.74 bits per heavy atom. The van der Waals surface area contributed by atoms with Crippen molar-refractivity contribution < 1.29 is 13.9 Å². The van der Waals surface area contributed by atoms with E-state index < -0.39 is 0 Å². The molecule has 4 nitrogen and oxygen atoms in total. The molecule has 0 unspecified atom stereocenters. The average molecular weight is 267 g/mol. The molecule has 108 valence electrons. The first-order valence-electron chi connectivity index (χ1n) is 7.21. The lowest BCUT2D eigenvalue weighted by Gasteiger charge is -2.21. The molecule has 0 spiro atoms. The van der Waals surface area contributed by atoms with Crippen molar-refractivity contribution in [1.82, 2.24) is 5.32 Å². The standard InChI is InChI=1S/C15H25NO3/c1-12(2)9-16-10-14-3-4-15(19-14)11-18-13-5-7-17-8-6-13/h3-4,12-13,16H,5-11H2,1-2H3. The van der Waals surface area contributed by atoms with E-state index in [9.17, 15) is 0 Å². The van der Waals surface area contributed by atoms with Crippen LogP contribution in [0.2, 0.25) is 0 Å². The Kier molecular flexibility index (Phi) is 5.89. The van der Waals surface area contributed by atoms with Crippen LogP contribution in [0.25, 0.3) is 0 Å². The van der Waals surface area contributed by atoms with Gasteiger partial charge in [-0.25, -0.2) is 0 Å². The molecule has 1 aromatic rings. The van der Waals surface area contributed by atoms with Crippen LogP contribution in [0.3, 0.4) is 0 Å². The minimum absolute atomic E-state index is 0.321. The zero-order valence-corrected chi connectivity index (χ0v) is 12.0. The first-order valence-corrected chi connectivity index (χ1v) is 7.21. The van der Waals surface area contributed by atoms with Crippen LogP contribution in [-0.4, -0.2) is 25.9 Å². The van der Waals surface area contributed by atoms with Crippen molar-refractivity contribution in [3.05, 3.63) is 23.7 Å². The van der Waals surface area contributed by atoms with Crippen LogP contribution < -0.4 is 5.32 Å². The molecule has 0 saturated carbocycles. The third-order valence-electron chi connectivity index (χ3n) is 3.20. The Balaban J connectivity index is 1.68. The maximum Gasteiger partial charge on any atom is 0.129 e. The highest BCUT2D eigenvalue weighted by molar-refractivity contribution is 5.06. The number of hydrogen-bond acceptors (Lipinski definition) is 4. The Morgan fingerprint density at radius 2 is 2.00 bits per heavy atom. The van der Waals surface area contributed by atoms with Crippen molar-refractivity contribution in [2.24, 2.45) is 5.92 Å². The first-order chi connectivity index (χ1) is 9.24. The van der Waals surface area contributed by atoms with Crippen molar-refractivity contribution >= 4 is 0 Å². The van der Waals surface area contributed by atoms with Gasteiger partial charge in [-0.2, -0.15) is 0 Å². The molecular formula is C15H25NO3. The molecule has 2 rings (SSSR count). The number of rotatable bonds is 7. The second kappa shape index (κ2) is 7.68. The molecule has 0 atom stereocenters. The van der Waals surface area contributed by atoms with Gasteiger partial charge in [0.05, 0.1) is 12.6 Å². The lowest BCUT2D eigenvalue weighted by atomic mass is 10.1. The molecule has 4 heteroatoms. The Labute approximate surface area is 115 Å². The highest BCUT2D eigenvalue weighted by atomic mass is 16.5. The van der Waals surface area contributed by atoms with E-state index in [4.69, 9.17) is 13.9 Å². The van der Waals surface area contributed by atoms with E-state index in [1.807, 2.05) is 12.1 Å². The lowest BCUT2D eigenvalue weighted by Crippen LogP contribution is -2.23. The summed E-state index contributed by atoms with van der Waals surface area (Å²) in [5.74, 6) is 2.55. The molecule has 19 heavy (non-hydrogen) atoms. The van der Waals surface area contributed by atoms with Gasteiger partial charge in [-0.3, -0.25) is 0 Å². The second-order valence-corrected chi connectivity index (χ2v) is 5.52. The molecule has 1 aromatic heterocycles. The first kappa shape index (κ1) is 14.6. The van der Waals surface area contributed by atoms with Gasteiger partial charge in [-0.05, 0) is 37.4 Å². The summed E-state index contributed by atoms with van der Waals surface area (Å²) in [7, 11) is 0. The van der Waals surface area contributed by atoms with E-state index in [1.165, 1.54) is 0 Å². The van der Waals surface area contributed by atoms with Crippen LogP contribution in [0.15, 0.2) is 16.5 Å². The predicted octanol–water partition coefficient (Wildman–Crippen LogP) is 2.72. The van der Waals surface area contributed by atoms with E-state index >= 15 is 0 Å². The van der Waals surface area contributed by atoms with Crippen LogP contribution in [0.5, 0.6) is 0 Å². The Bertz CT molecular complexity index is 356. The van der Waals surface area contributed by atoms with Crippen molar-refractivity contribution in [2.75, 3.05) is 19.8 Å². The Morgan fingerprint density at radius 1 is 1.26 bits per heavy atom. The molecule has 0 amide bonds. The van der Waals surface area contributed by atoms with Gasteiger partial charge in [-0.1, -0.05) is 13.8 Å². The maximum absolute atomic E-state index is 5.83. The number of ether oxygens (including phenoxy) is 2. The normalized spacial score (nSPS) is 17.2. The second-order valence-electron chi connectivity index (χ2n) is 5.52. The maximum atomic E-state index is 5.83. The summed E-state index contributed by atoms with van der Waals surface area (Å²) in [6.07, 6.45) is 2.30. The topological polar surface area (TPSA) is 43.6 Å². The van der Waals surface area contributed by atoms with Gasteiger partial charge in [0.2, 0.25) is 0 Å². The minimum Gasteiger partial charge on any atom is -0.462 e. The minimum atomic E-state index is 0.321. The summed E-state index contributed by atoms with van der Waals surface area (Å²) in [6, 6.07) is 4.03. The van der Waals surface area contributed by atoms with Gasteiger partial charge in [0, 0.05) is 13.2 Å². The molecule has 1 aliphatic rings. The van der Waals surface area contributed by atoms with E-state index in [-0.39, 0.29) is 0 Å². The van der Waals surface area contributed by atoms with E-state index in [0.717, 1.165) is 50.7 Å². The quantitative estimate of drug-likeness (QED) is 0.825. The van der Waals surface area contributed by atoms with Gasteiger partial charge >= 0.3 is 0 Å². The van der Waals surface area contributed by atoms with Crippen molar-refractivity contribution in [3.63, 3.8) is 0 Å². The van der Waals surface area contributed by atoms with Crippen molar-refractivity contribution in [3.8, 4) is 0 Å². The van der Waals surface area contributed by atoms with Crippen LogP contribution in [0, 0.1) is 5.92 Å². The van der Waals surface area contributed by atoms with Gasteiger partial charge in [0.25, 0.3) is 0 Å². The fourth-order valence-corrected chi connectivity index (χ4v) is 2.12. The molecule has 1 aliphatic heterocycles. The smallest absolute Gasteiger partial charge is 0.129 e. The average Bonchev–Trinajstić information content (AvgIpc) is 2.85. The van der Waals surface area contributed by atoms with Crippen LogP contribution in [0.1, 0.15) is 38.2 Å². The van der Waals surface area contributed by atoms with Crippen LogP contribution >= 0.6 is 0 Å². The van der Waals surface area contributed by atoms with Gasteiger partial charge in [0.1, 0.15) is 18.1 Å². The summed E-state index contributed by atoms with van der Waals surface area (Å²) in [5, 5.41) is 3.37.